The molecule has 0 aliphatic carbocycles. The van der Waals surface area contributed by atoms with Gasteiger partial charge in [0.15, 0.2) is 5.96 Å². The summed E-state index contributed by atoms with van der Waals surface area (Å²) in [5, 5.41) is 15.2. The van der Waals surface area contributed by atoms with Gasteiger partial charge in [-0.1, -0.05) is 56.2 Å². The number of rotatable bonds is 6. The highest BCUT2D eigenvalue weighted by Crippen LogP contribution is 2.40. The molecule has 41 heavy (non-hydrogen) atoms. The standard InChI is InChI=1S/C33H35N5O3/c1-6-33(21(2)3)19-28(39)38(31(34)37-33)29(24-13-10-16-35-20-24)22-11-9-12-23(17-22)30(40)36-26-18-32(4,5)41-27-15-8-7-14-25(26)27/h1,7-17,20-21,26,29H,18-19H2,2-5H3,(H2,34,37)(H,36,40)/t26-,29?,33-/m0/s1. The first-order valence-electron chi connectivity index (χ1n) is 13.8. The molecule has 1 saturated heterocycles. The normalized spacial score (nSPS) is 22.1. The molecule has 3 atom stereocenters. The number of carbonyl (C=O) groups excluding carboxylic acids is 2. The number of amides is 2. The van der Waals surface area contributed by atoms with Crippen LogP contribution in [0.2, 0.25) is 0 Å². The number of nitrogens with one attached hydrogen (secondary N) is 3. The molecule has 2 aliphatic rings. The van der Waals surface area contributed by atoms with Crippen LogP contribution in [0.5, 0.6) is 5.75 Å². The predicted molar refractivity (Wildman–Crippen MR) is 157 cm³/mol. The minimum absolute atomic E-state index is 0.0411. The minimum atomic E-state index is -0.945. The third kappa shape index (κ3) is 5.40. The first-order valence-corrected chi connectivity index (χ1v) is 13.8. The molecular formula is C33H35N5O3. The molecule has 3 N–H and O–H groups in total. The molecule has 2 amide bonds. The van der Waals surface area contributed by atoms with Gasteiger partial charge in [-0.2, -0.15) is 0 Å². The number of guanidine groups is 1. The van der Waals surface area contributed by atoms with Gasteiger partial charge in [-0.15, -0.1) is 6.42 Å². The third-order valence-corrected chi connectivity index (χ3v) is 7.93. The van der Waals surface area contributed by atoms with E-state index in [1.54, 1.807) is 36.7 Å². The van der Waals surface area contributed by atoms with Crippen LogP contribution in [-0.2, 0) is 4.79 Å². The Kier molecular flexibility index (Phi) is 7.31. The number of carbonyl (C=O) groups is 2. The van der Waals surface area contributed by atoms with Crippen molar-refractivity contribution < 1.29 is 14.3 Å². The van der Waals surface area contributed by atoms with Gasteiger partial charge in [0.05, 0.1) is 18.5 Å². The Labute approximate surface area is 241 Å². The summed E-state index contributed by atoms with van der Waals surface area (Å²) in [6.45, 7) is 7.88. The van der Waals surface area contributed by atoms with Crippen molar-refractivity contribution >= 4 is 17.8 Å². The zero-order chi connectivity index (χ0) is 29.4. The molecule has 1 unspecified atom stereocenters. The van der Waals surface area contributed by atoms with E-state index in [0.29, 0.717) is 23.1 Å². The maximum absolute atomic E-state index is 13.7. The quantitative estimate of drug-likeness (QED) is 0.376. The van der Waals surface area contributed by atoms with Crippen molar-refractivity contribution in [2.75, 3.05) is 0 Å². The molecule has 2 aliphatic heterocycles. The Morgan fingerprint density at radius 2 is 1.93 bits per heavy atom. The summed E-state index contributed by atoms with van der Waals surface area (Å²) in [6, 6.07) is 17.6. The van der Waals surface area contributed by atoms with Crippen molar-refractivity contribution in [3.63, 3.8) is 0 Å². The van der Waals surface area contributed by atoms with E-state index in [1.807, 2.05) is 64.1 Å². The third-order valence-electron chi connectivity index (χ3n) is 7.93. The fourth-order valence-electron chi connectivity index (χ4n) is 5.69. The molecule has 210 valence electrons. The van der Waals surface area contributed by atoms with Gasteiger partial charge in [0.25, 0.3) is 5.91 Å². The van der Waals surface area contributed by atoms with Crippen LogP contribution in [0.1, 0.15) is 79.7 Å². The van der Waals surface area contributed by atoms with E-state index in [4.69, 9.17) is 16.6 Å². The topological polar surface area (TPSA) is 107 Å². The highest BCUT2D eigenvalue weighted by molar-refractivity contribution is 6.01. The Hall–Kier alpha value is -4.64. The number of hydrogen-bond donors (Lipinski definition) is 3. The summed E-state index contributed by atoms with van der Waals surface area (Å²) in [4.78, 5) is 33.0. The number of para-hydroxylation sites is 1. The Morgan fingerprint density at radius 1 is 1.17 bits per heavy atom. The monoisotopic (exact) mass is 549 g/mol. The SMILES string of the molecule is C#C[C@@]1(C(C)C)CC(=O)N(C(c2cccnc2)c2cccc(C(=O)N[C@H]3CC(C)(C)Oc4ccccc43)c2)C(=N)N1. The summed E-state index contributed by atoms with van der Waals surface area (Å²) >= 11 is 0. The van der Waals surface area contributed by atoms with Gasteiger partial charge in [-0.3, -0.25) is 24.9 Å². The molecular weight excluding hydrogens is 514 g/mol. The molecule has 1 fully saturated rings. The van der Waals surface area contributed by atoms with Gasteiger partial charge in [0, 0.05) is 29.9 Å². The number of aromatic nitrogens is 1. The second-order valence-corrected chi connectivity index (χ2v) is 11.6. The number of hydrogen-bond acceptors (Lipinski definition) is 5. The summed E-state index contributed by atoms with van der Waals surface area (Å²) in [5.41, 5.74) is 1.39. The first-order chi connectivity index (χ1) is 19.5. The number of nitrogens with zero attached hydrogens (tertiary/aromatic N) is 2. The summed E-state index contributed by atoms with van der Waals surface area (Å²) in [6.07, 6.45) is 9.82. The van der Waals surface area contributed by atoms with E-state index in [1.165, 1.54) is 4.90 Å². The fraction of sp³-hybridized carbons (Fsp3) is 0.333. The molecule has 3 heterocycles. The fourth-order valence-corrected chi connectivity index (χ4v) is 5.69. The van der Waals surface area contributed by atoms with E-state index in [-0.39, 0.29) is 36.2 Å². The maximum Gasteiger partial charge on any atom is 0.251 e. The van der Waals surface area contributed by atoms with Crippen LogP contribution in [0, 0.1) is 23.7 Å². The van der Waals surface area contributed by atoms with Gasteiger partial charge < -0.3 is 15.4 Å². The van der Waals surface area contributed by atoms with Gasteiger partial charge in [-0.05, 0) is 55.2 Å². The largest absolute Gasteiger partial charge is 0.487 e. The van der Waals surface area contributed by atoms with Gasteiger partial charge in [0.2, 0.25) is 5.91 Å². The zero-order valence-electron chi connectivity index (χ0n) is 23.8. The van der Waals surface area contributed by atoms with E-state index in [2.05, 4.69) is 21.5 Å². The molecule has 8 nitrogen and oxygen atoms in total. The van der Waals surface area contributed by atoms with E-state index < -0.39 is 17.2 Å². The van der Waals surface area contributed by atoms with Crippen molar-refractivity contribution in [2.45, 2.75) is 63.8 Å². The Bertz CT molecular complexity index is 1510. The molecule has 8 heteroatoms. The van der Waals surface area contributed by atoms with Crippen molar-refractivity contribution in [1.29, 1.82) is 5.41 Å². The van der Waals surface area contributed by atoms with Crippen LogP contribution in [0.25, 0.3) is 0 Å². The zero-order valence-corrected chi connectivity index (χ0v) is 23.8. The van der Waals surface area contributed by atoms with Crippen molar-refractivity contribution in [3.8, 4) is 18.1 Å². The van der Waals surface area contributed by atoms with Crippen LogP contribution in [0.4, 0.5) is 0 Å². The maximum atomic E-state index is 13.7. The predicted octanol–water partition coefficient (Wildman–Crippen LogP) is 4.99. The lowest BCUT2D eigenvalue weighted by atomic mass is 9.81. The van der Waals surface area contributed by atoms with E-state index in [0.717, 1.165) is 11.3 Å². The Balaban J connectivity index is 1.48. The number of benzene rings is 2. The molecule has 3 aromatic rings. The number of ether oxygens (including phenoxy) is 1. The van der Waals surface area contributed by atoms with Crippen LogP contribution in [0.3, 0.4) is 0 Å². The van der Waals surface area contributed by atoms with Crippen molar-refractivity contribution in [1.82, 2.24) is 20.5 Å². The second-order valence-electron chi connectivity index (χ2n) is 11.6. The lowest BCUT2D eigenvalue weighted by Crippen LogP contribution is -2.64. The number of fused-ring (bicyclic) bond motifs is 1. The smallest absolute Gasteiger partial charge is 0.251 e. The van der Waals surface area contributed by atoms with Crippen LogP contribution in [0.15, 0.2) is 73.1 Å². The summed E-state index contributed by atoms with van der Waals surface area (Å²) in [5.74, 6) is 2.82. The molecule has 1 aromatic heterocycles. The summed E-state index contributed by atoms with van der Waals surface area (Å²) in [7, 11) is 0. The van der Waals surface area contributed by atoms with Crippen molar-refractivity contribution in [2.24, 2.45) is 5.92 Å². The number of pyridine rings is 1. The molecule has 2 aromatic carbocycles. The molecule has 0 saturated carbocycles. The highest BCUT2D eigenvalue weighted by atomic mass is 16.5. The Morgan fingerprint density at radius 3 is 2.61 bits per heavy atom. The second kappa shape index (κ2) is 10.7. The van der Waals surface area contributed by atoms with E-state index >= 15 is 0 Å². The van der Waals surface area contributed by atoms with Crippen molar-refractivity contribution in [3.05, 3.63) is 95.3 Å². The first kappa shape index (κ1) is 27.9. The van der Waals surface area contributed by atoms with Crippen LogP contribution >= 0.6 is 0 Å². The highest BCUT2D eigenvalue weighted by Gasteiger charge is 2.45. The van der Waals surface area contributed by atoms with E-state index in [9.17, 15) is 9.59 Å². The molecule has 0 radical (unpaired) electrons. The molecule has 0 spiro atoms. The van der Waals surface area contributed by atoms with Crippen LogP contribution < -0.4 is 15.4 Å². The lowest BCUT2D eigenvalue weighted by Gasteiger charge is -2.44. The lowest BCUT2D eigenvalue weighted by molar-refractivity contribution is -0.131. The molecule has 5 rings (SSSR count). The summed E-state index contributed by atoms with van der Waals surface area (Å²) < 4.78 is 6.13. The number of terminal acetylenes is 1. The van der Waals surface area contributed by atoms with Gasteiger partial charge in [0.1, 0.15) is 16.9 Å². The van der Waals surface area contributed by atoms with Gasteiger partial charge >= 0.3 is 0 Å². The minimum Gasteiger partial charge on any atom is -0.487 e. The average molecular weight is 550 g/mol. The average Bonchev–Trinajstić information content (AvgIpc) is 2.94. The molecule has 0 bridgehead atoms. The van der Waals surface area contributed by atoms with Crippen LogP contribution in [-0.4, -0.2) is 38.8 Å². The van der Waals surface area contributed by atoms with Gasteiger partial charge in [-0.25, -0.2) is 0 Å².